The Bertz CT molecular complexity index is 677. The molecular formula is C17H23N3O2S. The van der Waals surface area contributed by atoms with Gasteiger partial charge in [0.25, 0.3) is 5.91 Å². The van der Waals surface area contributed by atoms with Gasteiger partial charge in [-0.05, 0) is 39.0 Å². The van der Waals surface area contributed by atoms with Crippen LogP contribution in [0.4, 0.5) is 0 Å². The first-order valence-electron chi connectivity index (χ1n) is 8.04. The van der Waals surface area contributed by atoms with Gasteiger partial charge < -0.3 is 10.1 Å². The Labute approximate surface area is 140 Å². The summed E-state index contributed by atoms with van der Waals surface area (Å²) >= 11 is 1.55. The SMILES string of the molecule is C[C@@H]1CN([C@H](C)CNC(=O)c2ccc3ncsc3c2)C[C@@H](C)O1. The average molecular weight is 333 g/mol. The first kappa shape index (κ1) is 16.4. The van der Waals surface area contributed by atoms with Crippen LogP contribution in [0, 0.1) is 0 Å². The zero-order chi connectivity index (χ0) is 16.4. The topological polar surface area (TPSA) is 54.5 Å². The van der Waals surface area contributed by atoms with E-state index in [4.69, 9.17) is 4.74 Å². The van der Waals surface area contributed by atoms with Crippen molar-refractivity contribution >= 4 is 27.5 Å². The van der Waals surface area contributed by atoms with Gasteiger partial charge in [-0.3, -0.25) is 9.69 Å². The molecule has 0 bridgehead atoms. The van der Waals surface area contributed by atoms with Crippen LogP contribution in [-0.2, 0) is 4.74 Å². The molecule has 3 atom stereocenters. The number of aromatic nitrogens is 1. The number of ether oxygens (including phenoxy) is 1. The maximum Gasteiger partial charge on any atom is 0.251 e. The summed E-state index contributed by atoms with van der Waals surface area (Å²) in [5.74, 6) is -0.0264. The summed E-state index contributed by atoms with van der Waals surface area (Å²) in [4.78, 5) is 19.0. The van der Waals surface area contributed by atoms with Crippen LogP contribution in [0.1, 0.15) is 31.1 Å². The van der Waals surface area contributed by atoms with E-state index in [0.29, 0.717) is 18.2 Å². The summed E-state index contributed by atoms with van der Waals surface area (Å²) in [5.41, 5.74) is 3.43. The third-order valence-corrected chi connectivity index (χ3v) is 5.01. The molecule has 0 saturated carbocycles. The van der Waals surface area contributed by atoms with Crippen LogP contribution >= 0.6 is 11.3 Å². The third kappa shape index (κ3) is 3.88. The number of amides is 1. The standard InChI is InChI=1S/C17H23N3O2S/c1-11(20-8-12(2)22-13(3)9-20)7-18-17(21)14-4-5-15-16(6-14)23-10-19-15/h4-6,10-13H,7-9H2,1-3H3,(H,18,21)/t11-,12-,13-/m1/s1. The van der Waals surface area contributed by atoms with Gasteiger partial charge in [-0.25, -0.2) is 4.98 Å². The van der Waals surface area contributed by atoms with Crippen LogP contribution < -0.4 is 5.32 Å². The number of carbonyl (C=O) groups is 1. The number of thiazole rings is 1. The second-order valence-corrected chi connectivity index (χ2v) is 7.19. The highest BCUT2D eigenvalue weighted by molar-refractivity contribution is 7.16. The molecule has 0 spiro atoms. The van der Waals surface area contributed by atoms with Gasteiger partial charge in [-0.15, -0.1) is 11.3 Å². The molecule has 1 fully saturated rings. The van der Waals surface area contributed by atoms with Crippen LogP contribution in [0.5, 0.6) is 0 Å². The Kier molecular flexibility index (Phi) is 4.94. The largest absolute Gasteiger partial charge is 0.373 e. The van der Waals surface area contributed by atoms with Gasteiger partial charge in [0.1, 0.15) is 0 Å². The molecule has 23 heavy (non-hydrogen) atoms. The number of rotatable bonds is 4. The van der Waals surface area contributed by atoms with Crippen molar-refractivity contribution in [3.63, 3.8) is 0 Å². The molecule has 0 unspecified atom stereocenters. The Balaban J connectivity index is 1.57. The van der Waals surface area contributed by atoms with E-state index in [0.717, 1.165) is 23.3 Å². The van der Waals surface area contributed by atoms with Crippen molar-refractivity contribution in [1.82, 2.24) is 15.2 Å². The maximum absolute atomic E-state index is 12.4. The molecule has 1 aromatic carbocycles. The van der Waals surface area contributed by atoms with Gasteiger partial charge in [-0.2, -0.15) is 0 Å². The molecule has 1 aliphatic rings. The minimum atomic E-state index is -0.0264. The molecule has 1 aromatic heterocycles. The van der Waals surface area contributed by atoms with Crippen molar-refractivity contribution in [2.24, 2.45) is 0 Å². The minimum Gasteiger partial charge on any atom is -0.373 e. The molecule has 1 N–H and O–H groups in total. The second-order valence-electron chi connectivity index (χ2n) is 6.31. The number of benzene rings is 1. The second kappa shape index (κ2) is 6.95. The highest BCUT2D eigenvalue weighted by Gasteiger charge is 2.25. The predicted molar refractivity (Wildman–Crippen MR) is 93.0 cm³/mol. The Morgan fingerprint density at radius 2 is 2.17 bits per heavy atom. The van der Waals surface area contributed by atoms with E-state index in [1.54, 1.807) is 16.8 Å². The van der Waals surface area contributed by atoms with Crippen molar-refractivity contribution in [3.8, 4) is 0 Å². The van der Waals surface area contributed by atoms with Gasteiger partial charge >= 0.3 is 0 Å². The molecule has 2 heterocycles. The van der Waals surface area contributed by atoms with E-state index < -0.39 is 0 Å². The average Bonchev–Trinajstić information content (AvgIpc) is 2.98. The normalized spacial score (nSPS) is 23.8. The molecule has 3 rings (SSSR count). The lowest BCUT2D eigenvalue weighted by Gasteiger charge is -2.39. The van der Waals surface area contributed by atoms with Crippen molar-refractivity contribution in [3.05, 3.63) is 29.3 Å². The summed E-state index contributed by atoms with van der Waals surface area (Å²) in [6, 6.07) is 5.93. The highest BCUT2D eigenvalue weighted by atomic mass is 32.1. The number of carbonyl (C=O) groups excluding carboxylic acids is 1. The number of hydrogen-bond acceptors (Lipinski definition) is 5. The zero-order valence-electron chi connectivity index (χ0n) is 13.8. The van der Waals surface area contributed by atoms with Crippen molar-refractivity contribution < 1.29 is 9.53 Å². The molecule has 5 nitrogen and oxygen atoms in total. The van der Waals surface area contributed by atoms with E-state index in [1.807, 2.05) is 18.2 Å². The quantitative estimate of drug-likeness (QED) is 0.934. The summed E-state index contributed by atoms with van der Waals surface area (Å²) in [5, 5.41) is 3.05. The maximum atomic E-state index is 12.4. The zero-order valence-corrected chi connectivity index (χ0v) is 14.6. The van der Waals surface area contributed by atoms with E-state index >= 15 is 0 Å². The smallest absolute Gasteiger partial charge is 0.251 e. The predicted octanol–water partition coefficient (Wildman–Crippen LogP) is 2.52. The molecule has 0 aliphatic carbocycles. The monoisotopic (exact) mass is 333 g/mol. The molecule has 1 saturated heterocycles. The van der Waals surface area contributed by atoms with Crippen LogP contribution in [-0.4, -0.2) is 53.7 Å². The van der Waals surface area contributed by atoms with Gasteiger partial charge in [0, 0.05) is 31.2 Å². The lowest BCUT2D eigenvalue weighted by Crippen LogP contribution is -2.52. The minimum absolute atomic E-state index is 0.0264. The van der Waals surface area contributed by atoms with Gasteiger partial charge in [0.15, 0.2) is 0 Å². The first-order chi connectivity index (χ1) is 11.0. The molecule has 1 amide bonds. The fourth-order valence-electron chi connectivity index (χ4n) is 3.05. The fraction of sp³-hybridized carbons (Fsp3) is 0.529. The summed E-state index contributed by atoms with van der Waals surface area (Å²) in [6.07, 6.45) is 0.483. The van der Waals surface area contributed by atoms with E-state index in [1.165, 1.54) is 0 Å². The molecule has 124 valence electrons. The van der Waals surface area contributed by atoms with Crippen molar-refractivity contribution in [1.29, 1.82) is 0 Å². The number of nitrogens with zero attached hydrogens (tertiary/aromatic N) is 2. The number of hydrogen-bond donors (Lipinski definition) is 1. The van der Waals surface area contributed by atoms with E-state index in [2.05, 4.69) is 36.0 Å². The van der Waals surface area contributed by atoms with Crippen LogP contribution in [0.2, 0.25) is 0 Å². The van der Waals surface area contributed by atoms with Gasteiger partial charge in [0.05, 0.1) is 27.9 Å². The van der Waals surface area contributed by atoms with Crippen LogP contribution in [0.15, 0.2) is 23.7 Å². The fourth-order valence-corrected chi connectivity index (χ4v) is 3.76. The Hall–Kier alpha value is -1.50. The first-order valence-corrected chi connectivity index (χ1v) is 8.92. The summed E-state index contributed by atoms with van der Waals surface area (Å²) in [6.45, 7) is 8.80. The molecule has 2 aromatic rings. The van der Waals surface area contributed by atoms with Gasteiger partial charge in [0.2, 0.25) is 0 Å². The third-order valence-electron chi connectivity index (χ3n) is 4.22. The van der Waals surface area contributed by atoms with Crippen molar-refractivity contribution in [2.45, 2.75) is 39.0 Å². The van der Waals surface area contributed by atoms with E-state index in [-0.39, 0.29) is 18.1 Å². The highest BCUT2D eigenvalue weighted by Crippen LogP contribution is 2.19. The van der Waals surface area contributed by atoms with Crippen LogP contribution in [0.3, 0.4) is 0 Å². The van der Waals surface area contributed by atoms with Gasteiger partial charge in [-0.1, -0.05) is 0 Å². The van der Waals surface area contributed by atoms with Crippen LogP contribution in [0.25, 0.3) is 10.2 Å². The number of morpholine rings is 1. The molecular weight excluding hydrogens is 310 g/mol. The molecule has 1 aliphatic heterocycles. The lowest BCUT2D eigenvalue weighted by molar-refractivity contribution is -0.0778. The summed E-state index contributed by atoms with van der Waals surface area (Å²) < 4.78 is 6.80. The summed E-state index contributed by atoms with van der Waals surface area (Å²) in [7, 11) is 0. The lowest BCUT2D eigenvalue weighted by atomic mass is 10.1. The molecule has 6 heteroatoms. The Morgan fingerprint density at radius 1 is 1.43 bits per heavy atom. The Morgan fingerprint density at radius 3 is 2.91 bits per heavy atom. The number of fused-ring (bicyclic) bond motifs is 1. The van der Waals surface area contributed by atoms with E-state index in [9.17, 15) is 4.79 Å². The van der Waals surface area contributed by atoms with Crippen molar-refractivity contribution in [2.75, 3.05) is 19.6 Å². The molecule has 0 radical (unpaired) electrons. The number of nitrogens with one attached hydrogen (secondary N) is 1.